The third-order valence-corrected chi connectivity index (χ3v) is 4.43. The molecule has 0 aromatic carbocycles. The van der Waals surface area contributed by atoms with E-state index in [1.165, 1.54) is 12.8 Å². The van der Waals surface area contributed by atoms with E-state index in [4.69, 9.17) is 0 Å². The number of carbonyl (C=O) groups is 1. The van der Waals surface area contributed by atoms with Crippen molar-refractivity contribution in [3.8, 4) is 0 Å². The van der Waals surface area contributed by atoms with E-state index >= 15 is 0 Å². The molecule has 4 atom stereocenters. The lowest BCUT2D eigenvalue weighted by molar-refractivity contribution is -0.136. The molecule has 0 N–H and O–H groups in total. The summed E-state index contributed by atoms with van der Waals surface area (Å²) >= 11 is 0. The molecule has 1 aliphatic heterocycles. The molecule has 0 aromatic rings. The Bertz CT molecular complexity index is 286. The van der Waals surface area contributed by atoms with Crippen LogP contribution in [0.15, 0.2) is 12.7 Å². The van der Waals surface area contributed by atoms with E-state index in [1.54, 1.807) is 0 Å². The predicted molar refractivity (Wildman–Crippen MR) is 66.0 cm³/mol. The zero-order valence-electron chi connectivity index (χ0n) is 10.5. The van der Waals surface area contributed by atoms with Crippen LogP contribution in [0.1, 0.15) is 39.5 Å². The highest BCUT2D eigenvalue weighted by Gasteiger charge is 2.37. The summed E-state index contributed by atoms with van der Waals surface area (Å²) in [6.45, 7) is 9.27. The minimum Gasteiger partial charge on any atom is -0.340 e. The Labute approximate surface area is 98.7 Å². The number of amides is 1. The van der Waals surface area contributed by atoms with E-state index in [1.807, 2.05) is 6.08 Å². The van der Waals surface area contributed by atoms with E-state index in [-0.39, 0.29) is 5.92 Å². The molecule has 1 aliphatic carbocycles. The quantitative estimate of drug-likeness (QED) is 0.657. The van der Waals surface area contributed by atoms with Crippen molar-refractivity contribution < 1.29 is 4.79 Å². The molecule has 0 aromatic heterocycles. The lowest BCUT2D eigenvalue weighted by Crippen LogP contribution is -2.37. The van der Waals surface area contributed by atoms with Gasteiger partial charge < -0.3 is 4.90 Å². The molecule has 0 radical (unpaired) electrons. The van der Waals surface area contributed by atoms with E-state index in [2.05, 4.69) is 25.3 Å². The second-order valence-corrected chi connectivity index (χ2v) is 5.57. The van der Waals surface area contributed by atoms with Gasteiger partial charge >= 0.3 is 0 Å². The van der Waals surface area contributed by atoms with Crippen molar-refractivity contribution in [1.82, 2.24) is 4.90 Å². The molecule has 1 amide bonds. The number of nitrogens with zero attached hydrogens (tertiary/aromatic N) is 1. The minimum atomic E-state index is 0.263. The SMILES string of the molecule is C=CC1CC(C(=O)N2CCCC2C)CC1C. The molecule has 2 fully saturated rings. The first-order valence-electron chi connectivity index (χ1n) is 6.56. The average Bonchev–Trinajstić information content (AvgIpc) is 2.83. The predicted octanol–water partition coefficient (Wildman–Crippen LogP) is 2.85. The van der Waals surface area contributed by atoms with Gasteiger partial charge in [0, 0.05) is 18.5 Å². The van der Waals surface area contributed by atoms with Gasteiger partial charge in [0.15, 0.2) is 0 Å². The minimum absolute atomic E-state index is 0.263. The molecule has 0 spiro atoms. The first-order valence-corrected chi connectivity index (χ1v) is 6.56. The van der Waals surface area contributed by atoms with Gasteiger partial charge in [0.2, 0.25) is 5.91 Å². The molecular formula is C14H23NO. The van der Waals surface area contributed by atoms with Crippen LogP contribution in [0, 0.1) is 17.8 Å². The van der Waals surface area contributed by atoms with Crippen molar-refractivity contribution in [3.63, 3.8) is 0 Å². The van der Waals surface area contributed by atoms with Crippen LogP contribution in [0.25, 0.3) is 0 Å². The average molecular weight is 221 g/mol. The Morgan fingerprint density at radius 3 is 2.62 bits per heavy atom. The van der Waals surface area contributed by atoms with Crippen LogP contribution in [-0.4, -0.2) is 23.4 Å². The summed E-state index contributed by atoms with van der Waals surface area (Å²) in [5, 5.41) is 0. The largest absolute Gasteiger partial charge is 0.340 e. The maximum absolute atomic E-state index is 12.4. The summed E-state index contributed by atoms with van der Waals surface area (Å²) in [4.78, 5) is 14.5. The first kappa shape index (κ1) is 11.7. The molecule has 2 rings (SSSR count). The highest BCUT2D eigenvalue weighted by Crippen LogP contribution is 2.38. The number of carbonyl (C=O) groups excluding carboxylic acids is 1. The summed E-state index contributed by atoms with van der Waals surface area (Å²) in [6, 6.07) is 0.464. The highest BCUT2D eigenvalue weighted by molar-refractivity contribution is 5.79. The van der Waals surface area contributed by atoms with E-state index < -0.39 is 0 Å². The Balaban J connectivity index is 1.98. The van der Waals surface area contributed by atoms with Gasteiger partial charge in [0.1, 0.15) is 0 Å². The van der Waals surface area contributed by atoms with Crippen LogP contribution in [-0.2, 0) is 4.79 Å². The fourth-order valence-corrected chi connectivity index (χ4v) is 3.31. The lowest BCUT2D eigenvalue weighted by Gasteiger charge is -2.24. The molecule has 2 aliphatic rings. The maximum atomic E-state index is 12.4. The van der Waals surface area contributed by atoms with Gasteiger partial charge in [0.25, 0.3) is 0 Å². The number of hydrogen-bond donors (Lipinski definition) is 0. The van der Waals surface area contributed by atoms with Crippen LogP contribution in [0.4, 0.5) is 0 Å². The van der Waals surface area contributed by atoms with Crippen LogP contribution in [0.5, 0.6) is 0 Å². The summed E-state index contributed by atoms with van der Waals surface area (Å²) in [7, 11) is 0. The third kappa shape index (κ3) is 2.02. The van der Waals surface area contributed by atoms with Gasteiger partial charge in [0.05, 0.1) is 0 Å². The zero-order valence-corrected chi connectivity index (χ0v) is 10.5. The molecule has 4 unspecified atom stereocenters. The molecule has 2 heteroatoms. The van der Waals surface area contributed by atoms with Crippen LogP contribution in [0.3, 0.4) is 0 Å². The Morgan fingerprint density at radius 1 is 1.38 bits per heavy atom. The van der Waals surface area contributed by atoms with Crippen molar-refractivity contribution in [2.75, 3.05) is 6.54 Å². The Kier molecular flexibility index (Phi) is 3.36. The van der Waals surface area contributed by atoms with Crippen molar-refractivity contribution >= 4 is 5.91 Å². The Morgan fingerprint density at radius 2 is 2.12 bits per heavy atom. The van der Waals surface area contributed by atoms with Gasteiger partial charge in [-0.15, -0.1) is 6.58 Å². The smallest absolute Gasteiger partial charge is 0.225 e. The molecule has 16 heavy (non-hydrogen) atoms. The van der Waals surface area contributed by atoms with Crippen LogP contribution >= 0.6 is 0 Å². The van der Waals surface area contributed by atoms with Gasteiger partial charge in [-0.3, -0.25) is 4.79 Å². The molecule has 0 bridgehead atoms. The fourth-order valence-electron chi connectivity index (χ4n) is 3.31. The van der Waals surface area contributed by atoms with Crippen molar-refractivity contribution in [2.24, 2.45) is 17.8 Å². The molecule has 1 heterocycles. The van der Waals surface area contributed by atoms with Gasteiger partial charge in [-0.05, 0) is 44.4 Å². The van der Waals surface area contributed by atoms with E-state index in [9.17, 15) is 4.79 Å². The molecule has 90 valence electrons. The summed E-state index contributed by atoms with van der Waals surface area (Å²) < 4.78 is 0. The third-order valence-electron chi connectivity index (χ3n) is 4.43. The van der Waals surface area contributed by atoms with Gasteiger partial charge in [-0.1, -0.05) is 13.0 Å². The number of likely N-dealkylation sites (tertiary alicyclic amines) is 1. The highest BCUT2D eigenvalue weighted by atomic mass is 16.2. The van der Waals surface area contributed by atoms with Gasteiger partial charge in [-0.25, -0.2) is 0 Å². The zero-order chi connectivity index (χ0) is 11.7. The normalized spacial score (nSPS) is 39.0. The van der Waals surface area contributed by atoms with E-state index in [0.717, 1.165) is 19.4 Å². The summed E-state index contributed by atoms with van der Waals surface area (Å²) in [5.41, 5.74) is 0. The maximum Gasteiger partial charge on any atom is 0.225 e. The Hall–Kier alpha value is -0.790. The van der Waals surface area contributed by atoms with E-state index in [0.29, 0.717) is 23.8 Å². The fraction of sp³-hybridized carbons (Fsp3) is 0.786. The van der Waals surface area contributed by atoms with Gasteiger partial charge in [-0.2, -0.15) is 0 Å². The van der Waals surface area contributed by atoms with Crippen molar-refractivity contribution in [2.45, 2.75) is 45.6 Å². The monoisotopic (exact) mass is 221 g/mol. The number of rotatable bonds is 2. The van der Waals surface area contributed by atoms with Crippen LogP contribution < -0.4 is 0 Å². The first-order chi connectivity index (χ1) is 7.63. The molecule has 2 nitrogen and oxygen atoms in total. The summed E-state index contributed by atoms with van der Waals surface area (Å²) in [5.74, 6) is 1.84. The summed E-state index contributed by atoms with van der Waals surface area (Å²) in [6.07, 6.45) is 6.47. The lowest BCUT2D eigenvalue weighted by atomic mass is 9.99. The topological polar surface area (TPSA) is 20.3 Å². The van der Waals surface area contributed by atoms with Crippen molar-refractivity contribution in [1.29, 1.82) is 0 Å². The number of hydrogen-bond acceptors (Lipinski definition) is 1. The second kappa shape index (κ2) is 4.60. The molecular weight excluding hydrogens is 198 g/mol. The second-order valence-electron chi connectivity index (χ2n) is 5.57. The number of allylic oxidation sites excluding steroid dienone is 1. The standard InChI is InChI=1S/C14H23NO/c1-4-12-9-13(8-10(12)2)14(16)15-7-5-6-11(15)3/h4,10-13H,1,5-9H2,2-3H3. The molecule has 1 saturated heterocycles. The van der Waals surface area contributed by atoms with Crippen molar-refractivity contribution in [3.05, 3.63) is 12.7 Å². The van der Waals surface area contributed by atoms with Crippen LogP contribution in [0.2, 0.25) is 0 Å². The molecule has 1 saturated carbocycles.